The van der Waals surface area contributed by atoms with Crippen molar-refractivity contribution in [2.45, 2.75) is 148 Å². The van der Waals surface area contributed by atoms with Gasteiger partial charge in [-0.1, -0.05) is 52.8 Å². The van der Waals surface area contributed by atoms with Crippen molar-refractivity contribution < 1.29 is 52.8 Å². The number of benzene rings is 1. The lowest BCUT2D eigenvalue weighted by Gasteiger charge is -2.68. The molecule has 1 aromatic rings. The average Bonchev–Trinajstić information content (AvgIpc) is 3.08. The molecule has 3 N–H and O–H groups in total. The number of aliphatic hydroxyl groups is 2. The van der Waals surface area contributed by atoms with Crippen LogP contribution < -0.4 is 5.32 Å². The number of aliphatic hydroxyl groups excluding tert-OH is 1. The quantitative estimate of drug-likeness (QED) is 0.124. The second-order valence-corrected chi connectivity index (χ2v) is 20.9. The fourth-order valence-corrected chi connectivity index (χ4v) is 12.5. The zero-order chi connectivity index (χ0) is 38.6. The van der Waals surface area contributed by atoms with Crippen molar-refractivity contribution in [2.75, 3.05) is 6.61 Å². The van der Waals surface area contributed by atoms with E-state index in [1.165, 1.54) is 6.92 Å². The number of ether oxygens (including phenoxy) is 4. The van der Waals surface area contributed by atoms with Gasteiger partial charge < -0.3 is 38.9 Å². The number of hydrogen-bond acceptors (Lipinski definition) is 11. The molecule has 4 aliphatic rings. The Hall–Kier alpha value is -3.10. The first kappa shape index (κ1) is 40.1. The van der Waals surface area contributed by atoms with Gasteiger partial charge in [0.2, 0.25) is 0 Å². The summed E-state index contributed by atoms with van der Waals surface area (Å²) in [4.78, 5) is 56.7. The van der Waals surface area contributed by atoms with Crippen molar-refractivity contribution in [1.29, 1.82) is 0 Å². The second kappa shape index (κ2) is 14.3. The predicted octanol–water partition coefficient (Wildman–Crippen LogP) is 5.25. The van der Waals surface area contributed by atoms with Crippen LogP contribution in [0.1, 0.15) is 92.4 Å². The third-order valence-electron chi connectivity index (χ3n) is 12.8. The van der Waals surface area contributed by atoms with Crippen LogP contribution in [-0.2, 0) is 33.0 Å². The van der Waals surface area contributed by atoms with Crippen LogP contribution in [0.2, 0.25) is 18.1 Å². The highest BCUT2D eigenvalue weighted by molar-refractivity contribution is 6.73. The molecule has 3 fully saturated rings. The first-order valence-electron chi connectivity index (χ1n) is 18.7. The Labute approximate surface area is 308 Å². The first-order chi connectivity index (χ1) is 24.3. The summed E-state index contributed by atoms with van der Waals surface area (Å²) >= 11 is 0. The lowest BCUT2D eigenvalue weighted by Crippen LogP contribution is -2.82. The monoisotopic (exact) mass is 743 g/mol. The van der Waals surface area contributed by atoms with Crippen molar-refractivity contribution >= 4 is 32.1 Å². The highest BCUT2D eigenvalue weighted by atomic mass is 28.4. The summed E-state index contributed by atoms with van der Waals surface area (Å²) in [6.07, 6.45) is -7.09. The number of rotatable bonds is 10. The maximum Gasteiger partial charge on any atom is 0.408 e. The van der Waals surface area contributed by atoms with Gasteiger partial charge >= 0.3 is 18.0 Å². The average molecular weight is 744 g/mol. The van der Waals surface area contributed by atoms with Crippen LogP contribution in [0.5, 0.6) is 0 Å². The van der Waals surface area contributed by atoms with E-state index in [2.05, 4.69) is 26.1 Å². The molecular weight excluding hydrogens is 687 g/mol. The molecule has 1 amide bonds. The summed E-state index contributed by atoms with van der Waals surface area (Å²) in [5, 5.41) is 27.8. The van der Waals surface area contributed by atoms with Gasteiger partial charge in [0.15, 0.2) is 25.8 Å². The normalized spacial score (nSPS) is 35.3. The summed E-state index contributed by atoms with van der Waals surface area (Å²) in [7, 11) is -2.51. The minimum atomic E-state index is -2.51. The molecule has 0 radical (unpaired) electrons. The molecule has 12 nitrogen and oxygen atoms in total. The SMILES string of the molecule is CC[Si](CC)(CC)O[C@H]1C[C@H]2OC[C@@]2(OC(C)=O)[C@H]2[C@H](OC(=O)c3ccccc3)[C@]3(O)C[C@H](O)C(C)=C([C@@H](OC(=O)NC(C)C)C(=O)[C@]12C)C3(C)C. The van der Waals surface area contributed by atoms with E-state index in [0.29, 0.717) is 5.57 Å². The number of hydrogen-bond donors (Lipinski definition) is 3. The first-order valence-corrected chi connectivity index (χ1v) is 21.2. The number of carbonyl (C=O) groups excluding carboxylic acids is 4. The van der Waals surface area contributed by atoms with E-state index in [9.17, 15) is 24.6 Å². The smallest absolute Gasteiger partial charge is 0.408 e. The van der Waals surface area contributed by atoms with Crippen LogP contribution in [0.15, 0.2) is 41.5 Å². The standard InChI is InChI=1S/C39H57NO11Si/c1-11-52(12-2,13-3)51-27-19-28-38(21-47-28,50-24(7)41)31-33(49-34(44)25-17-15-14-16-18-25)39(46)20-26(42)23(6)29(36(39,8)9)30(32(43)37(27,31)10)48-35(45)40-22(4)5/h14-18,22,26-28,30-31,33,42,46H,11-13,19-21H2,1-10H3,(H,40,45)/t26-,27-,28+,30+,31-,33-,37+,38-,39+/m0/s1. The molecule has 1 aliphatic heterocycles. The predicted molar refractivity (Wildman–Crippen MR) is 194 cm³/mol. The molecule has 5 rings (SSSR count). The third-order valence-corrected chi connectivity index (χ3v) is 17.5. The molecule has 52 heavy (non-hydrogen) atoms. The largest absolute Gasteiger partial charge is 0.455 e. The summed E-state index contributed by atoms with van der Waals surface area (Å²) in [5.74, 6) is -3.25. The van der Waals surface area contributed by atoms with Gasteiger partial charge in [0.1, 0.15) is 17.8 Å². The summed E-state index contributed by atoms with van der Waals surface area (Å²) < 4.78 is 32.3. The van der Waals surface area contributed by atoms with E-state index in [1.807, 2.05) is 0 Å². The molecule has 1 heterocycles. The Kier molecular flexibility index (Phi) is 11.0. The topological polar surface area (TPSA) is 167 Å². The van der Waals surface area contributed by atoms with Crippen LogP contribution in [0, 0.1) is 16.7 Å². The Morgan fingerprint density at radius 3 is 2.17 bits per heavy atom. The maximum atomic E-state index is 15.9. The van der Waals surface area contributed by atoms with E-state index in [0.717, 1.165) is 18.1 Å². The Morgan fingerprint density at radius 1 is 1.04 bits per heavy atom. The van der Waals surface area contributed by atoms with Gasteiger partial charge in [0.05, 0.1) is 35.7 Å². The van der Waals surface area contributed by atoms with Gasteiger partial charge in [0.25, 0.3) is 0 Å². The fourth-order valence-electron chi connectivity index (χ4n) is 9.57. The number of Topliss-reactive ketones (excluding diaryl/α,β-unsaturated/α-hetero) is 1. The van der Waals surface area contributed by atoms with Crippen molar-refractivity contribution in [2.24, 2.45) is 16.7 Å². The molecule has 2 bridgehead atoms. The minimum absolute atomic E-state index is 0.144. The van der Waals surface area contributed by atoms with Crippen molar-refractivity contribution in [3.8, 4) is 0 Å². The van der Waals surface area contributed by atoms with E-state index < -0.39 is 90.6 Å². The number of fused-ring (bicyclic) bond motifs is 5. The molecule has 0 unspecified atom stereocenters. The van der Waals surface area contributed by atoms with E-state index >= 15 is 4.79 Å². The molecule has 1 aromatic carbocycles. The van der Waals surface area contributed by atoms with Crippen molar-refractivity contribution in [3.05, 3.63) is 47.0 Å². The van der Waals surface area contributed by atoms with Crippen LogP contribution >= 0.6 is 0 Å². The van der Waals surface area contributed by atoms with E-state index in [1.54, 1.807) is 71.9 Å². The summed E-state index contributed by atoms with van der Waals surface area (Å²) in [6.45, 7) is 17.6. The van der Waals surface area contributed by atoms with Crippen LogP contribution in [-0.4, -0.2) is 96.7 Å². The van der Waals surface area contributed by atoms with E-state index in [-0.39, 0.29) is 36.6 Å². The lowest BCUT2D eigenvalue weighted by molar-refractivity contribution is -0.344. The number of alkyl carbamates (subject to hydrolysis) is 1. The molecule has 3 aliphatic carbocycles. The highest BCUT2D eigenvalue weighted by Crippen LogP contribution is 2.65. The molecule has 288 valence electrons. The van der Waals surface area contributed by atoms with Gasteiger partial charge in [-0.05, 0) is 69.1 Å². The van der Waals surface area contributed by atoms with Gasteiger partial charge in [0, 0.05) is 31.2 Å². The zero-order valence-electron chi connectivity index (χ0n) is 32.2. The Morgan fingerprint density at radius 2 is 1.65 bits per heavy atom. The molecule has 0 aromatic heterocycles. The molecule has 1 saturated heterocycles. The molecule has 0 spiro atoms. The highest BCUT2D eigenvalue weighted by Gasteiger charge is 2.78. The summed E-state index contributed by atoms with van der Waals surface area (Å²) in [6, 6.07) is 10.2. The van der Waals surface area contributed by atoms with Crippen LogP contribution in [0.4, 0.5) is 4.79 Å². The second-order valence-electron chi connectivity index (χ2n) is 16.2. The van der Waals surface area contributed by atoms with Gasteiger partial charge in [-0.3, -0.25) is 9.59 Å². The molecule has 13 heteroatoms. The van der Waals surface area contributed by atoms with E-state index in [4.69, 9.17) is 23.4 Å². The fraction of sp³-hybridized carbons (Fsp3) is 0.692. The molecule has 2 saturated carbocycles. The number of ketones is 1. The minimum Gasteiger partial charge on any atom is -0.455 e. The van der Waals surface area contributed by atoms with Crippen molar-refractivity contribution in [3.63, 3.8) is 0 Å². The number of carbonyl (C=O) groups is 4. The van der Waals surface area contributed by atoms with Crippen molar-refractivity contribution in [1.82, 2.24) is 5.32 Å². The lowest BCUT2D eigenvalue weighted by atomic mass is 9.44. The van der Waals surface area contributed by atoms with Gasteiger partial charge in [-0.2, -0.15) is 0 Å². The number of nitrogens with one attached hydrogen (secondary N) is 1. The molecule has 9 atom stereocenters. The number of esters is 2. The number of amides is 1. The molecular formula is C39H57NO11Si. The van der Waals surface area contributed by atoms with Gasteiger partial charge in [-0.15, -0.1) is 0 Å². The summed E-state index contributed by atoms with van der Waals surface area (Å²) in [5.41, 5.74) is -6.01. The zero-order valence-corrected chi connectivity index (χ0v) is 33.2. The van der Waals surface area contributed by atoms with Gasteiger partial charge in [-0.25, -0.2) is 9.59 Å². The van der Waals surface area contributed by atoms with Crippen LogP contribution in [0.3, 0.4) is 0 Å². The third kappa shape index (κ3) is 6.23. The Balaban J connectivity index is 1.87. The maximum absolute atomic E-state index is 15.9. The Bertz CT molecular complexity index is 1580. The van der Waals surface area contributed by atoms with Crippen LogP contribution in [0.25, 0.3) is 0 Å².